The number of rotatable bonds is 5. The Morgan fingerprint density at radius 3 is 2.41 bits per heavy atom. The first-order valence-corrected chi connectivity index (χ1v) is 9.84. The van der Waals surface area contributed by atoms with Crippen LogP contribution in [0.5, 0.6) is 5.75 Å². The van der Waals surface area contributed by atoms with E-state index in [1.807, 2.05) is 0 Å². The molecule has 0 radical (unpaired) electrons. The van der Waals surface area contributed by atoms with Crippen LogP contribution >= 0.6 is 11.8 Å². The van der Waals surface area contributed by atoms with Gasteiger partial charge in [-0.1, -0.05) is 23.9 Å². The number of ether oxygens (including phenoxy) is 2. The molecule has 6 atom stereocenters. The van der Waals surface area contributed by atoms with Gasteiger partial charge in [-0.25, -0.2) is 0 Å². The number of aliphatic hydroxyl groups is 3. The van der Waals surface area contributed by atoms with Gasteiger partial charge in [-0.15, -0.1) is 0 Å². The Morgan fingerprint density at radius 1 is 1.21 bits per heavy atom. The maximum absolute atomic E-state index is 13.9. The standard InChI is InChI=1S/C18H23F3N2O5S/c1-22-16-23-11-12(24)13(25)14(28-15(11)29-16)17(26,18(19,20)21)8-7-9-3-5-10(27-2)6-4-9/h3-6,11-15,24-26H,7-8H2,1-2H3,(H,22,23)/t11-,12-,13+,14+,15-,17+/m1/s1. The Morgan fingerprint density at radius 2 is 1.86 bits per heavy atom. The maximum atomic E-state index is 13.9. The number of benzene rings is 1. The smallest absolute Gasteiger partial charge is 0.419 e. The molecule has 4 N–H and O–H groups in total. The number of aliphatic hydroxyl groups excluding tert-OH is 2. The van der Waals surface area contributed by atoms with E-state index in [9.17, 15) is 28.5 Å². The van der Waals surface area contributed by atoms with Gasteiger partial charge in [-0.3, -0.25) is 4.99 Å². The summed E-state index contributed by atoms with van der Waals surface area (Å²) in [7, 11) is 3.05. The van der Waals surface area contributed by atoms with Crippen molar-refractivity contribution in [1.82, 2.24) is 5.32 Å². The average molecular weight is 436 g/mol. The second-order valence-corrected chi connectivity index (χ2v) is 8.06. The summed E-state index contributed by atoms with van der Waals surface area (Å²) in [5.74, 6) is 0.554. The van der Waals surface area contributed by atoms with Crippen molar-refractivity contribution in [2.45, 2.75) is 54.4 Å². The molecule has 29 heavy (non-hydrogen) atoms. The van der Waals surface area contributed by atoms with Crippen molar-refractivity contribution in [2.75, 3.05) is 14.2 Å². The molecule has 0 amide bonds. The molecular formula is C18H23F3N2O5S. The lowest BCUT2D eigenvalue weighted by molar-refractivity contribution is -0.326. The van der Waals surface area contributed by atoms with Crippen molar-refractivity contribution in [3.05, 3.63) is 29.8 Å². The first-order valence-electron chi connectivity index (χ1n) is 8.96. The molecule has 162 valence electrons. The van der Waals surface area contributed by atoms with Crippen molar-refractivity contribution >= 4 is 16.9 Å². The van der Waals surface area contributed by atoms with Crippen LogP contribution in [0.3, 0.4) is 0 Å². The van der Waals surface area contributed by atoms with Crippen LogP contribution in [0.2, 0.25) is 0 Å². The highest BCUT2D eigenvalue weighted by atomic mass is 32.2. The Labute approximate surface area is 169 Å². The van der Waals surface area contributed by atoms with Crippen LogP contribution in [0.15, 0.2) is 29.3 Å². The third kappa shape index (κ3) is 4.19. The van der Waals surface area contributed by atoms with E-state index in [0.29, 0.717) is 16.5 Å². The number of alkyl halides is 3. The van der Waals surface area contributed by atoms with Gasteiger partial charge < -0.3 is 30.1 Å². The number of hydrogen-bond donors (Lipinski definition) is 4. The summed E-state index contributed by atoms with van der Waals surface area (Å²) < 4.78 is 52.2. The number of amidine groups is 1. The van der Waals surface area contributed by atoms with Crippen molar-refractivity contribution in [3.63, 3.8) is 0 Å². The fourth-order valence-corrected chi connectivity index (χ4v) is 4.51. The van der Waals surface area contributed by atoms with Crippen molar-refractivity contribution in [1.29, 1.82) is 0 Å². The third-order valence-corrected chi connectivity index (χ3v) is 6.35. The second kappa shape index (κ2) is 8.31. The molecule has 0 unspecified atom stereocenters. The SMILES string of the molecule is CNC1=N[C@@H]2[C@@H](O)[C@H](O)[C@@H]([C@@](O)(CCc3ccc(OC)cc3)C(F)(F)F)O[C@@H]2S1. The molecule has 0 saturated carbocycles. The predicted octanol–water partition coefficient (Wildman–Crippen LogP) is 1.06. The molecule has 3 rings (SSSR count). The van der Waals surface area contributed by atoms with E-state index in [1.165, 1.54) is 7.11 Å². The molecule has 2 aliphatic heterocycles. The van der Waals surface area contributed by atoms with Crippen LogP contribution in [-0.4, -0.2) is 76.2 Å². The van der Waals surface area contributed by atoms with Crippen LogP contribution in [0.25, 0.3) is 0 Å². The first-order chi connectivity index (χ1) is 13.6. The lowest BCUT2D eigenvalue weighted by atomic mass is 9.81. The van der Waals surface area contributed by atoms with Gasteiger partial charge in [0.1, 0.15) is 35.5 Å². The van der Waals surface area contributed by atoms with Crippen LogP contribution in [-0.2, 0) is 11.2 Å². The highest BCUT2D eigenvalue weighted by molar-refractivity contribution is 8.14. The second-order valence-electron chi connectivity index (χ2n) is 6.97. The van der Waals surface area contributed by atoms with Crippen molar-refractivity contribution < 1.29 is 38.0 Å². The monoisotopic (exact) mass is 436 g/mol. The fraction of sp³-hybridized carbons (Fsp3) is 0.611. The molecule has 1 fully saturated rings. The van der Waals surface area contributed by atoms with E-state index >= 15 is 0 Å². The Hall–Kier alpha value is -1.53. The maximum Gasteiger partial charge on any atom is 0.419 e. The number of methoxy groups -OCH3 is 1. The van der Waals surface area contributed by atoms with Gasteiger partial charge in [-0.05, 0) is 30.5 Å². The number of thioether (sulfide) groups is 1. The van der Waals surface area contributed by atoms with Gasteiger partial charge in [0.05, 0.1) is 7.11 Å². The van der Waals surface area contributed by atoms with Crippen LogP contribution in [0, 0.1) is 0 Å². The molecule has 11 heteroatoms. The van der Waals surface area contributed by atoms with E-state index in [1.54, 1.807) is 31.3 Å². The Kier molecular flexibility index (Phi) is 6.35. The summed E-state index contributed by atoms with van der Waals surface area (Å²) in [5, 5.41) is 34.5. The predicted molar refractivity (Wildman–Crippen MR) is 101 cm³/mol. The average Bonchev–Trinajstić information content (AvgIpc) is 3.12. The molecular weight excluding hydrogens is 413 g/mol. The molecule has 0 bridgehead atoms. The summed E-state index contributed by atoms with van der Waals surface area (Å²) in [6, 6.07) is 5.48. The lowest BCUT2D eigenvalue weighted by Gasteiger charge is -2.46. The van der Waals surface area contributed by atoms with Gasteiger partial charge in [0.2, 0.25) is 0 Å². The highest BCUT2D eigenvalue weighted by Crippen LogP contribution is 2.45. The molecule has 0 spiro atoms. The summed E-state index contributed by atoms with van der Waals surface area (Å²) in [6.45, 7) is 0. The van der Waals surface area contributed by atoms with Gasteiger partial charge in [0.25, 0.3) is 0 Å². The Bertz CT molecular complexity index is 748. The summed E-state index contributed by atoms with van der Waals surface area (Å²) in [5.41, 5.74) is -3.76. The van der Waals surface area contributed by atoms with Crippen LogP contribution in [0.1, 0.15) is 12.0 Å². The zero-order valence-corrected chi connectivity index (χ0v) is 16.6. The fourth-order valence-electron chi connectivity index (χ4n) is 3.45. The molecule has 0 aliphatic carbocycles. The number of halogens is 3. The van der Waals surface area contributed by atoms with E-state index in [4.69, 9.17) is 9.47 Å². The van der Waals surface area contributed by atoms with Gasteiger partial charge in [0, 0.05) is 7.05 Å². The Balaban J connectivity index is 1.82. The van der Waals surface area contributed by atoms with Crippen molar-refractivity contribution in [3.8, 4) is 5.75 Å². The van der Waals surface area contributed by atoms with Gasteiger partial charge >= 0.3 is 6.18 Å². The van der Waals surface area contributed by atoms with Gasteiger partial charge in [0.15, 0.2) is 10.8 Å². The normalized spacial score (nSPS) is 31.6. The largest absolute Gasteiger partial charge is 0.497 e. The molecule has 2 aliphatic rings. The molecule has 2 heterocycles. The summed E-state index contributed by atoms with van der Waals surface area (Å²) in [6.07, 6.45) is -11.6. The third-order valence-electron chi connectivity index (χ3n) is 5.19. The van der Waals surface area contributed by atoms with E-state index < -0.39 is 48.0 Å². The van der Waals surface area contributed by atoms with Crippen molar-refractivity contribution in [2.24, 2.45) is 4.99 Å². The number of fused-ring (bicyclic) bond motifs is 1. The van der Waals surface area contributed by atoms with E-state index in [-0.39, 0.29) is 6.42 Å². The minimum absolute atomic E-state index is 0.123. The molecule has 1 aromatic carbocycles. The number of nitrogens with one attached hydrogen (secondary N) is 1. The minimum atomic E-state index is -5.09. The minimum Gasteiger partial charge on any atom is -0.497 e. The van der Waals surface area contributed by atoms with E-state index in [2.05, 4.69) is 10.3 Å². The highest BCUT2D eigenvalue weighted by Gasteiger charge is 2.65. The topological polar surface area (TPSA) is 104 Å². The molecule has 0 aromatic heterocycles. The summed E-state index contributed by atoms with van der Waals surface area (Å²) >= 11 is 1.00. The first kappa shape index (κ1) is 22.2. The number of hydrogen-bond acceptors (Lipinski definition) is 8. The molecule has 1 saturated heterocycles. The molecule has 7 nitrogen and oxygen atoms in total. The van der Waals surface area contributed by atoms with Crippen LogP contribution in [0.4, 0.5) is 13.2 Å². The molecule has 1 aromatic rings. The summed E-state index contributed by atoms with van der Waals surface area (Å²) in [4.78, 5) is 4.11. The number of aryl methyl sites for hydroxylation is 1. The zero-order chi connectivity index (χ0) is 21.4. The lowest BCUT2D eigenvalue weighted by Crippen LogP contribution is -2.67. The van der Waals surface area contributed by atoms with Crippen LogP contribution < -0.4 is 10.1 Å². The van der Waals surface area contributed by atoms with Gasteiger partial charge in [-0.2, -0.15) is 13.2 Å². The number of nitrogens with zero attached hydrogens (tertiary/aromatic N) is 1. The quantitative estimate of drug-likeness (QED) is 0.547. The van der Waals surface area contributed by atoms with E-state index in [0.717, 1.165) is 11.8 Å². The zero-order valence-electron chi connectivity index (χ0n) is 15.8. The number of aliphatic imine (C=N–C) groups is 1.